The lowest BCUT2D eigenvalue weighted by molar-refractivity contribution is 0.258. The molecular weight excluding hydrogens is 304 g/mol. The molecule has 1 heterocycles. The topological polar surface area (TPSA) is 6.48 Å². The van der Waals surface area contributed by atoms with Gasteiger partial charge in [0.05, 0.1) is 11.7 Å². The number of rotatable bonds is 5. The SMILES string of the molecule is CCC1=CC(c2ccccc2)N(N(CC)CC)c2cc(C)c(C)cc21. The number of hydrogen-bond acceptors (Lipinski definition) is 2. The summed E-state index contributed by atoms with van der Waals surface area (Å²) in [5.74, 6) is 0. The average molecular weight is 335 g/mol. The van der Waals surface area contributed by atoms with Crippen molar-refractivity contribution in [2.24, 2.45) is 0 Å². The molecule has 0 saturated heterocycles. The summed E-state index contributed by atoms with van der Waals surface area (Å²) in [4.78, 5) is 0. The fraction of sp³-hybridized carbons (Fsp3) is 0.391. The van der Waals surface area contributed by atoms with E-state index in [0.29, 0.717) is 0 Å². The Hall–Kier alpha value is -2.06. The molecule has 2 aromatic rings. The maximum absolute atomic E-state index is 2.51. The Bertz CT molecular complexity index is 757. The first-order chi connectivity index (χ1) is 12.1. The van der Waals surface area contributed by atoms with Gasteiger partial charge in [-0.1, -0.05) is 57.2 Å². The van der Waals surface area contributed by atoms with Crippen LogP contribution in [0.15, 0.2) is 48.5 Å². The first-order valence-electron chi connectivity index (χ1n) is 9.52. The number of hydrogen-bond donors (Lipinski definition) is 0. The predicted molar refractivity (Wildman–Crippen MR) is 109 cm³/mol. The van der Waals surface area contributed by atoms with Gasteiger partial charge in [-0.05, 0) is 54.7 Å². The summed E-state index contributed by atoms with van der Waals surface area (Å²) < 4.78 is 0. The summed E-state index contributed by atoms with van der Waals surface area (Å²) in [6, 6.07) is 15.9. The van der Waals surface area contributed by atoms with Crippen LogP contribution >= 0.6 is 0 Å². The van der Waals surface area contributed by atoms with Crippen molar-refractivity contribution in [1.82, 2.24) is 5.01 Å². The lowest BCUT2D eigenvalue weighted by Gasteiger charge is -2.44. The molecule has 2 aromatic carbocycles. The Morgan fingerprint density at radius 3 is 2.16 bits per heavy atom. The van der Waals surface area contributed by atoms with Crippen molar-refractivity contribution in [3.05, 3.63) is 70.8 Å². The lowest BCUT2D eigenvalue weighted by Crippen LogP contribution is -2.46. The highest BCUT2D eigenvalue weighted by molar-refractivity contribution is 5.82. The highest BCUT2D eigenvalue weighted by Crippen LogP contribution is 2.43. The van der Waals surface area contributed by atoms with E-state index >= 15 is 0 Å². The fourth-order valence-corrected chi connectivity index (χ4v) is 3.80. The second-order valence-electron chi connectivity index (χ2n) is 6.84. The predicted octanol–water partition coefficient (Wildman–Crippen LogP) is 5.91. The van der Waals surface area contributed by atoms with Crippen LogP contribution in [0.5, 0.6) is 0 Å². The average Bonchev–Trinajstić information content (AvgIpc) is 2.64. The standard InChI is InChI=1S/C23H30N2/c1-6-19-16-22(20-12-10-9-11-13-20)25(24(7-2)8-3)23-15-18(5)17(4)14-21(19)23/h9-16,22H,6-8H2,1-5H3. The fourth-order valence-electron chi connectivity index (χ4n) is 3.80. The van der Waals surface area contributed by atoms with Gasteiger partial charge in [0.2, 0.25) is 0 Å². The number of aryl methyl sites for hydroxylation is 2. The molecule has 0 amide bonds. The van der Waals surface area contributed by atoms with Gasteiger partial charge >= 0.3 is 0 Å². The first kappa shape index (κ1) is 17.8. The molecule has 1 aliphatic heterocycles. The molecule has 1 aliphatic rings. The highest BCUT2D eigenvalue weighted by Gasteiger charge is 2.30. The Kier molecular flexibility index (Phi) is 5.29. The second-order valence-corrected chi connectivity index (χ2v) is 6.84. The van der Waals surface area contributed by atoms with Crippen molar-refractivity contribution in [1.29, 1.82) is 0 Å². The molecule has 0 saturated carbocycles. The van der Waals surface area contributed by atoms with E-state index in [0.717, 1.165) is 19.5 Å². The van der Waals surface area contributed by atoms with Crippen LogP contribution in [0.4, 0.5) is 5.69 Å². The van der Waals surface area contributed by atoms with E-state index in [2.05, 4.69) is 93.2 Å². The molecule has 1 atom stereocenters. The number of allylic oxidation sites excluding steroid dienone is 1. The second kappa shape index (κ2) is 7.45. The molecule has 2 nitrogen and oxygen atoms in total. The third-order valence-corrected chi connectivity index (χ3v) is 5.38. The minimum Gasteiger partial charge on any atom is -0.294 e. The molecule has 25 heavy (non-hydrogen) atoms. The Balaban J connectivity index is 2.23. The molecule has 0 aromatic heterocycles. The zero-order valence-corrected chi connectivity index (χ0v) is 16.2. The van der Waals surface area contributed by atoms with E-state index in [9.17, 15) is 0 Å². The maximum Gasteiger partial charge on any atom is 0.0894 e. The summed E-state index contributed by atoms with van der Waals surface area (Å²) in [6.45, 7) is 13.2. The van der Waals surface area contributed by atoms with E-state index in [1.165, 1.54) is 33.5 Å². The summed E-state index contributed by atoms with van der Waals surface area (Å²) in [5, 5.41) is 4.96. The first-order valence-corrected chi connectivity index (χ1v) is 9.52. The van der Waals surface area contributed by atoms with Gasteiger partial charge in [0.15, 0.2) is 0 Å². The molecule has 0 spiro atoms. The Morgan fingerprint density at radius 1 is 0.920 bits per heavy atom. The molecule has 1 unspecified atom stereocenters. The van der Waals surface area contributed by atoms with E-state index < -0.39 is 0 Å². The van der Waals surface area contributed by atoms with E-state index in [1.54, 1.807) is 0 Å². The Morgan fingerprint density at radius 2 is 1.56 bits per heavy atom. The third-order valence-electron chi connectivity index (χ3n) is 5.38. The van der Waals surface area contributed by atoms with Gasteiger partial charge in [0.1, 0.15) is 0 Å². The summed E-state index contributed by atoms with van der Waals surface area (Å²) >= 11 is 0. The monoisotopic (exact) mass is 334 g/mol. The normalized spacial score (nSPS) is 16.8. The minimum absolute atomic E-state index is 0.255. The van der Waals surface area contributed by atoms with Gasteiger partial charge in [-0.25, -0.2) is 5.01 Å². The van der Waals surface area contributed by atoms with Gasteiger partial charge < -0.3 is 0 Å². The van der Waals surface area contributed by atoms with Crippen LogP contribution in [0.3, 0.4) is 0 Å². The maximum atomic E-state index is 2.51. The van der Waals surface area contributed by atoms with Crippen LogP contribution in [0.2, 0.25) is 0 Å². The molecule has 0 fully saturated rings. The molecule has 0 N–H and O–H groups in total. The van der Waals surface area contributed by atoms with E-state index in [4.69, 9.17) is 0 Å². The van der Waals surface area contributed by atoms with Gasteiger partial charge in [-0.2, -0.15) is 0 Å². The summed E-state index contributed by atoms with van der Waals surface area (Å²) in [5.41, 5.74) is 8.28. The number of hydrazine groups is 1. The zero-order valence-electron chi connectivity index (χ0n) is 16.2. The van der Waals surface area contributed by atoms with Crippen LogP contribution in [-0.2, 0) is 0 Å². The van der Waals surface area contributed by atoms with Gasteiger partial charge in [0.25, 0.3) is 0 Å². The molecule has 132 valence electrons. The minimum atomic E-state index is 0.255. The zero-order chi connectivity index (χ0) is 18.0. The van der Waals surface area contributed by atoms with Gasteiger partial charge in [0, 0.05) is 18.7 Å². The van der Waals surface area contributed by atoms with Crippen LogP contribution < -0.4 is 5.01 Å². The van der Waals surface area contributed by atoms with Crippen LogP contribution in [0.1, 0.15) is 55.5 Å². The number of benzene rings is 2. The van der Waals surface area contributed by atoms with Crippen molar-refractivity contribution in [2.75, 3.05) is 18.1 Å². The lowest BCUT2D eigenvalue weighted by atomic mass is 9.89. The third kappa shape index (κ3) is 3.23. The van der Waals surface area contributed by atoms with Crippen molar-refractivity contribution in [3.63, 3.8) is 0 Å². The van der Waals surface area contributed by atoms with Crippen LogP contribution in [0, 0.1) is 13.8 Å². The molecule has 3 rings (SSSR count). The number of nitrogens with zero attached hydrogens (tertiary/aromatic N) is 2. The summed E-state index contributed by atoms with van der Waals surface area (Å²) in [6.07, 6.45) is 3.52. The van der Waals surface area contributed by atoms with E-state index in [1.807, 2.05) is 0 Å². The van der Waals surface area contributed by atoms with Crippen LogP contribution in [0.25, 0.3) is 5.57 Å². The largest absolute Gasteiger partial charge is 0.294 e. The Labute approximate surface area is 152 Å². The quantitative estimate of drug-likeness (QED) is 0.670. The molecule has 0 radical (unpaired) electrons. The smallest absolute Gasteiger partial charge is 0.0894 e. The molecular formula is C23H30N2. The number of anilines is 1. The van der Waals surface area contributed by atoms with Crippen molar-refractivity contribution in [3.8, 4) is 0 Å². The molecule has 2 heteroatoms. The van der Waals surface area contributed by atoms with E-state index in [-0.39, 0.29) is 6.04 Å². The highest BCUT2D eigenvalue weighted by atomic mass is 15.6. The van der Waals surface area contributed by atoms with Crippen molar-refractivity contribution in [2.45, 2.75) is 47.1 Å². The summed E-state index contributed by atoms with van der Waals surface area (Å²) in [7, 11) is 0. The van der Waals surface area contributed by atoms with Crippen LogP contribution in [-0.4, -0.2) is 18.1 Å². The molecule has 0 bridgehead atoms. The number of fused-ring (bicyclic) bond motifs is 1. The molecule has 0 aliphatic carbocycles. The van der Waals surface area contributed by atoms with Gasteiger partial charge in [-0.3, -0.25) is 5.01 Å². The van der Waals surface area contributed by atoms with Crippen molar-refractivity contribution >= 4 is 11.3 Å². The van der Waals surface area contributed by atoms with Crippen molar-refractivity contribution < 1.29 is 0 Å². The van der Waals surface area contributed by atoms with Gasteiger partial charge in [-0.15, -0.1) is 0 Å².